The fourth-order valence-electron chi connectivity index (χ4n) is 3.25. The molecule has 128 valence electrons. The zero-order chi connectivity index (χ0) is 18.1. The molecule has 0 spiro atoms. The normalized spacial score (nSPS) is 10.8. The van der Waals surface area contributed by atoms with Crippen molar-refractivity contribution < 1.29 is 4.79 Å². The summed E-state index contributed by atoms with van der Waals surface area (Å²) in [6.45, 7) is 3.87. The molecule has 0 saturated carbocycles. The first-order chi connectivity index (χ1) is 12.6. The van der Waals surface area contributed by atoms with Crippen LogP contribution in [-0.2, 0) is 0 Å². The molecule has 0 unspecified atom stereocenters. The molecule has 26 heavy (non-hydrogen) atoms. The number of carbonyl (C=O) groups is 1. The summed E-state index contributed by atoms with van der Waals surface area (Å²) in [5, 5.41) is 9.64. The molecule has 4 rings (SSSR count). The first-order valence-corrected chi connectivity index (χ1v) is 8.56. The van der Waals surface area contributed by atoms with Gasteiger partial charge in [-0.1, -0.05) is 54.6 Å². The molecule has 4 heteroatoms. The number of nitrogens with zero attached hydrogens (tertiary/aromatic N) is 2. The van der Waals surface area contributed by atoms with Gasteiger partial charge in [0.25, 0.3) is 5.91 Å². The number of anilines is 1. The Balaban J connectivity index is 1.71. The van der Waals surface area contributed by atoms with Gasteiger partial charge in [0.1, 0.15) is 0 Å². The summed E-state index contributed by atoms with van der Waals surface area (Å²) in [5.41, 5.74) is 4.09. The van der Waals surface area contributed by atoms with Crippen molar-refractivity contribution >= 4 is 22.4 Å². The summed E-state index contributed by atoms with van der Waals surface area (Å²) in [7, 11) is 0. The molecule has 4 aromatic rings. The van der Waals surface area contributed by atoms with Gasteiger partial charge < -0.3 is 5.32 Å². The van der Waals surface area contributed by atoms with Gasteiger partial charge in [0, 0.05) is 5.56 Å². The molecule has 0 bridgehead atoms. The lowest BCUT2D eigenvalue weighted by Crippen LogP contribution is -2.13. The summed E-state index contributed by atoms with van der Waals surface area (Å²) in [4.78, 5) is 12.9. The Morgan fingerprint density at radius 3 is 2.38 bits per heavy atom. The Kier molecular flexibility index (Phi) is 4.01. The van der Waals surface area contributed by atoms with Gasteiger partial charge in [-0.3, -0.25) is 4.79 Å². The minimum atomic E-state index is -0.124. The summed E-state index contributed by atoms with van der Waals surface area (Å²) in [6.07, 6.45) is 0. The van der Waals surface area contributed by atoms with E-state index in [4.69, 9.17) is 0 Å². The Morgan fingerprint density at radius 2 is 1.58 bits per heavy atom. The van der Waals surface area contributed by atoms with Crippen molar-refractivity contribution in [3.05, 3.63) is 89.7 Å². The zero-order valence-corrected chi connectivity index (χ0v) is 14.7. The number of amides is 1. The molecule has 1 heterocycles. The molecule has 1 aromatic heterocycles. The lowest BCUT2D eigenvalue weighted by atomic mass is 10.0. The van der Waals surface area contributed by atoms with Gasteiger partial charge in [-0.2, -0.15) is 5.10 Å². The van der Waals surface area contributed by atoms with E-state index in [-0.39, 0.29) is 5.91 Å². The minimum absolute atomic E-state index is 0.124. The molecular weight excluding hydrogens is 322 g/mol. The predicted octanol–water partition coefficient (Wildman–Crippen LogP) is 4.89. The number of rotatable bonds is 3. The van der Waals surface area contributed by atoms with Gasteiger partial charge in [-0.25, -0.2) is 4.68 Å². The van der Waals surface area contributed by atoms with E-state index in [0.29, 0.717) is 5.56 Å². The highest BCUT2D eigenvalue weighted by atomic mass is 16.1. The molecule has 3 aromatic carbocycles. The Hall–Kier alpha value is -3.40. The van der Waals surface area contributed by atoms with Crippen molar-refractivity contribution in [3.63, 3.8) is 0 Å². The second-order valence-electron chi connectivity index (χ2n) is 6.27. The second kappa shape index (κ2) is 6.48. The third-order valence-electron chi connectivity index (χ3n) is 4.56. The molecule has 0 saturated heterocycles. The number of nitrogens with one attached hydrogen (secondary N) is 1. The highest BCUT2D eigenvalue weighted by Crippen LogP contribution is 2.25. The molecule has 0 radical (unpaired) electrons. The second-order valence-corrected chi connectivity index (χ2v) is 6.27. The molecule has 0 atom stereocenters. The molecular formula is C22H19N3O. The van der Waals surface area contributed by atoms with Gasteiger partial charge >= 0.3 is 0 Å². The van der Waals surface area contributed by atoms with Crippen molar-refractivity contribution in [2.24, 2.45) is 0 Å². The van der Waals surface area contributed by atoms with Crippen LogP contribution in [0.4, 0.5) is 5.69 Å². The van der Waals surface area contributed by atoms with Gasteiger partial charge in [0.05, 0.1) is 22.8 Å². The van der Waals surface area contributed by atoms with Crippen molar-refractivity contribution in [1.29, 1.82) is 0 Å². The number of carbonyl (C=O) groups excluding carboxylic acids is 1. The summed E-state index contributed by atoms with van der Waals surface area (Å²) in [5.74, 6) is -0.124. The van der Waals surface area contributed by atoms with Crippen LogP contribution in [0, 0.1) is 13.8 Å². The topological polar surface area (TPSA) is 46.9 Å². The van der Waals surface area contributed by atoms with E-state index in [1.807, 2.05) is 91.3 Å². The van der Waals surface area contributed by atoms with Gasteiger partial charge in [0.15, 0.2) is 0 Å². The lowest BCUT2D eigenvalue weighted by Gasteiger charge is -2.09. The van der Waals surface area contributed by atoms with Crippen molar-refractivity contribution in [2.45, 2.75) is 13.8 Å². The van der Waals surface area contributed by atoms with Crippen molar-refractivity contribution in [2.75, 3.05) is 5.32 Å². The van der Waals surface area contributed by atoms with Gasteiger partial charge in [-0.15, -0.1) is 0 Å². The average Bonchev–Trinajstić information content (AvgIpc) is 2.96. The molecule has 0 aliphatic rings. The number of fused-ring (bicyclic) bond motifs is 1. The SMILES string of the molecule is Cc1nn(-c2ccccc2)c(C)c1NC(=O)c1cccc2ccccc12. The van der Waals surface area contributed by atoms with Crippen LogP contribution in [0.15, 0.2) is 72.8 Å². The maximum Gasteiger partial charge on any atom is 0.256 e. The Labute approximate surface area is 152 Å². The van der Waals surface area contributed by atoms with Gasteiger partial charge in [-0.05, 0) is 42.8 Å². The number of benzene rings is 3. The Morgan fingerprint density at radius 1 is 0.885 bits per heavy atom. The number of hydrogen-bond donors (Lipinski definition) is 1. The lowest BCUT2D eigenvalue weighted by molar-refractivity contribution is 0.102. The molecule has 4 nitrogen and oxygen atoms in total. The molecule has 0 aliphatic heterocycles. The quantitative estimate of drug-likeness (QED) is 0.576. The number of aromatic nitrogens is 2. The van der Waals surface area contributed by atoms with Crippen molar-refractivity contribution in [1.82, 2.24) is 9.78 Å². The number of aryl methyl sites for hydroxylation is 1. The fourth-order valence-corrected chi connectivity index (χ4v) is 3.25. The van der Waals surface area contributed by atoms with E-state index < -0.39 is 0 Å². The predicted molar refractivity (Wildman–Crippen MR) is 105 cm³/mol. The van der Waals surface area contributed by atoms with E-state index in [1.165, 1.54) is 0 Å². The largest absolute Gasteiger partial charge is 0.319 e. The zero-order valence-electron chi connectivity index (χ0n) is 14.7. The average molecular weight is 341 g/mol. The van der Waals surface area contributed by atoms with E-state index in [0.717, 1.165) is 33.5 Å². The number of para-hydroxylation sites is 1. The van der Waals surface area contributed by atoms with Crippen LogP contribution < -0.4 is 5.32 Å². The van der Waals surface area contributed by atoms with E-state index >= 15 is 0 Å². The van der Waals surface area contributed by atoms with Crippen LogP contribution in [0.25, 0.3) is 16.5 Å². The van der Waals surface area contributed by atoms with Crippen LogP contribution >= 0.6 is 0 Å². The van der Waals surface area contributed by atoms with E-state index in [9.17, 15) is 4.79 Å². The first kappa shape index (κ1) is 16.1. The molecule has 0 aliphatic carbocycles. The standard InChI is InChI=1S/C22H19N3O/c1-15-21(16(2)25(24-15)18-11-4-3-5-12-18)23-22(26)20-14-8-10-17-9-6-7-13-19(17)20/h3-14H,1-2H3,(H,23,26). The third kappa shape index (κ3) is 2.75. The summed E-state index contributed by atoms with van der Waals surface area (Å²) < 4.78 is 1.86. The minimum Gasteiger partial charge on any atom is -0.319 e. The van der Waals surface area contributed by atoms with Crippen LogP contribution in [0.1, 0.15) is 21.7 Å². The summed E-state index contributed by atoms with van der Waals surface area (Å²) in [6, 6.07) is 23.6. The van der Waals surface area contributed by atoms with Crippen LogP contribution in [0.2, 0.25) is 0 Å². The van der Waals surface area contributed by atoms with Crippen LogP contribution in [0.5, 0.6) is 0 Å². The first-order valence-electron chi connectivity index (χ1n) is 8.56. The molecule has 1 N–H and O–H groups in total. The van der Waals surface area contributed by atoms with Crippen molar-refractivity contribution in [3.8, 4) is 5.69 Å². The number of hydrogen-bond acceptors (Lipinski definition) is 2. The molecule has 1 amide bonds. The van der Waals surface area contributed by atoms with E-state index in [1.54, 1.807) is 0 Å². The third-order valence-corrected chi connectivity index (χ3v) is 4.56. The van der Waals surface area contributed by atoms with Crippen LogP contribution in [-0.4, -0.2) is 15.7 Å². The highest BCUT2D eigenvalue weighted by Gasteiger charge is 2.17. The maximum absolute atomic E-state index is 12.9. The smallest absolute Gasteiger partial charge is 0.256 e. The highest BCUT2D eigenvalue weighted by molar-refractivity contribution is 6.13. The summed E-state index contributed by atoms with van der Waals surface area (Å²) >= 11 is 0. The maximum atomic E-state index is 12.9. The van der Waals surface area contributed by atoms with E-state index in [2.05, 4.69) is 10.4 Å². The Bertz CT molecular complexity index is 1090. The van der Waals surface area contributed by atoms with Crippen LogP contribution in [0.3, 0.4) is 0 Å². The fraction of sp³-hybridized carbons (Fsp3) is 0.0909. The monoisotopic (exact) mass is 341 g/mol. The van der Waals surface area contributed by atoms with Gasteiger partial charge in [0.2, 0.25) is 0 Å². The molecule has 0 fully saturated rings.